The normalized spacial score (nSPS) is 13.1. The van der Waals surface area contributed by atoms with Crippen molar-refractivity contribution >= 4 is 11.7 Å². The summed E-state index contributed by atoms with van der Waals surface area (Å²) in [5, 5.41) is 0. The van der Waals surface area contributed by atoms with Crippen molar-refractivity contribution in [2.75, 3.05) is 14.2 Å². The van der Waals surface area contributed by atoms with E-state index in [9.17, 15) is 9.59 Å². The van der Waals surface area contributed by atoms with E-state index in [1.54, 1.807) is 32.4 Å². The van der Waals surface area contributed by atoms with E-state index in [2.05, 4.69) is 0 Å². The van der Waals surface area contributed by atoms with E-state index in [1.807, 2.05) is 29.2 Å². The summed E-state index contributed by atoms with van der Waals surface area (Å²) in [4.78, 5) is 26.6. The minimum absolute atomic E-state index is 0.0244. The van der Waals surface area contributed by atoms with Crippen LogP contribution in [-0.2, 0) is 17.8 Å². The molecule has 0 unspecified atom stereocenters. The summed E-state index contributed by atoms with van der Waals surface area (Å²) >= 11 is 0. The van der Waals surface area contributed by atoms with Crippen molar-refractivity contribution in [1.29, 1.82) is 0 Å². The molecule has 5 heteroatoms. The van der Waals surface area contributed by atoms with Crippen molar-refractivity contribution in [3.8, 4) is 11.5 Å². The Hall–Kier alpha value is -2.82. The van der Waals surface area contributed by atoms with Gasteiger partial charge in [-0.1, -0.05) is 12.1 Å². The SMILES string of the molecule is COc1ccc(CN(C(=O)Cc2cc(C(C)=O)ccc2OC)C2CC2)cc1. The van der Waals surface area contributed by atoms with Crippen LogP contribution in [0.3, 0.4) is 0 Å². The first-order valence-electron chi connectivity index (χ1n) is 9.12. The smallest absolute Gasteiger partial charge is 0.227 e. The predicted octanol–water partition coefficient (Wildman–Crippen LogP) is 3.64. The number of benzene rings is 2. The van der Waals surface area contributed by atoms with Gasteiger partial charge in [-0.25, -0.2) is 0 Å². The molecule has 0 aromatic heterocycles. The predicted molar refractivity (Wildman–Crippen MR) is 103 cm³/mol. The topological polar surface area (TPSA) is 55.8 Å². The van der Waals surface area contributed by atoms with Crippen LogP contribution in [0.15, 0.2) is 42.5 Å². The Morgan fingerprint density at radius 1 is 1.04 bits per heavy atom. The van der Waals surface area contributed by atoms with Gasteiger partial charge in [-0.3, -0.25) is 9.59 Å². The van der Waals surface area contributed by atoms with Gasteiger partial charge in [0.25, 0.3) is 0 Å². The number of Topliss-reactive ketones (excluding diaryl/α,β-unsaturated/α-hetero) is 1. The van der Waals surface area contributed by atoms with Crippen molar-refractivity contribution in [2.24, 2.45) is 0 Å². The average molecular weight is 367 g/mol. The van der Waals surface area contributed by atoms with Gasteiger partial charge < -0.3 is 14.4 Å². The summed E-state index contributed by atoms with van der Waals surface area (Å²) in [6, 6.07) is 13.3. The number of carbonyl (C=O) groups excluding carboxylic acids is 2. The van der Waals surface area contributed by atoms with Gasteiger partial charge in [0.2, 0.25) is 5.91 Å². The van der Waals surface area contributed by atoms with Gasteiger partial charge in [-0.15, -0.1) is 0 Å². The van der Waals surface area contributed by atoms with Crippen molar-refractivity contribution in [3.05, 3.63) is 59.2 Å². The Morgan fingerprint density at radius 2 is 1.74 bits per heavy atom. The van der Waals surface area contributed by atoms with Crippen LogP contribution >= 0.6 is 0 Å². The zero-order valence-corrected chi connectivity index (χ0v) is 16.0. The van der Waals surface area contributed by atoms with Gasteiger partial charge in [0.05, 0.1) is 20.6 Å². The highest BCUT2D eigenvalue weighted by Gasteiger charge is 2.32. The molecule has 1 saturated carbocycles. The number of ketones is 1. The van der Waals surface area contributed by atoms with Crippen molar-refractivity contribution in [2.45, 2.75) is 38.8 Å². The summed E-state index contributed by atoms with van der Waals surface area (Å²) in [5.74, 6) is 1.46. The molecule has 1 fully saturated rings. The molecule has 0 N–H and O–H groups in total. The molecule has 5 nitrogen and oxygen atoms in total. The van der Waals surface area contributed by atoms with Gasteiger partial charge in [0.15, 0.2) is 5.78 Å². The molecule has 0 heterocycles. The lowest BCUT2D eigenvalue weighted by atomic mass is 10.0. The fourth-order valence-corrected chi connectivity index (χ4v) is 3.13. The third-order valence-electron chi connectivity index (χ3n) is 4.85. The van der Waals surface area contributed by atoms with Gasteiger partial charge in [-0.05, 0) is 55.7 Å². The Balaban J connectivity index is 1.77. The summed E-state index contributed by atoms with van der Waals surface area (Å²) < 4.78 is 10.6. The first kappa shape index (κ1) is 19.0. The molecule has 3 rings (SSSR count). The summed E-state index contributed by atoms with van der Waals surface area (Å²) in [5.41, 5.74) is 2.41. The van der Waals surface area contributed by atoms with Crippen molar-refractivity contribution < 1.29 is 19.1 Å². The van der Waals surface area contributed by atoms with E-state index in [-0.39, 0.29) is 18.1 Å². The van der Waals surface area contributed by atoms with E-state index < -0.39 is 0 Å². The average Bonchev–Trinajstić information content (AvgIpc) is 3.51. The number of nitrogens with zero attached hydrogens (tertiary/aromatic N) is 1. The number of rotatable bonds is 8. The second kappa shape index (κ2) is 8.25. The van der Waals surface area contributed by atoms with Crippen LogP contribution < -0.4 is 9.47 Å². The second-order valence-corrected chi connectivity index (χ2v) is 6.86. The van der Waals surface area contributed by atoms with Gasteiger partial charge >= 0.3 is 0 Å². The van der Waals surface area contributed by atoms with Crippen LogP contribution in [-0.4, -0.2) is 36.9 Å². The van der Waals surface area contributed by atoms with E-state index in [0.29, 0.717) is 23.9 Å². The first-order valence-corrected chi connectivity index (χ1v) is 9.12. The van der Waals surface area contributed by atoms with Crippen LogP contribution in [0.4, 0.5) is 0 Å². The molecule has 1 aliphatic carbocycles. The van der Waals surface area contributed by atoms with Crippen LogP contribution in [0.5, 0.6) is 11.5 Å². The Kier molecular flexibility index (Phi) is 5.79. The zero-order valence-electron chi connectivity index (χ0n) is 16.0. The molecule has 1 amide bonds. The van der Waals surface area contributed by atoms with E-state index in [4.69, 9.17) is 9.47 Å². The number of ether oxygens (including phenoxy) is 2. The lowest BCUT2D eigenvalue weighted by Gasteiger charge is -2.23. The van der Waals surface area contributed by atoms with Crippen LogP contribution in [0.1, 0.15) is 41.3 Å². The molecule has 2 aromatic carbocycles. The maximum Gasteiger partial charge on any atom is 0.227 e. The molecule has 0 aliphatic heterocycles. The molecule has 0 spiro atoms. The number of carbonyl (C=O) groups is 2. The molecule has 27 heavy (non-hydrogen) atoms. The summed E-state index contributed by atoms with van der Waals surface area (Å²) in [6.45, 7) is 2.09. The standard InChI is InChI=1S/C22H25NO4/c1-15(24)17-6-11-21(27-3)18(12-17)13-22(25)23(19-7-8-19)14-16-4-9-20(26-2)10-5-16/h4-6,9-12,19H,7-8,13-14H2,1-3H3. The fraction of sp³-hybridized carbons (Fsp3) is 0.364. The van der Waals surface area contributed by atoms with Crippen LogP contribution in [0.2, 0.25) is 0 Å². The molecule has 0 atom stereocenters. The van der Waals surface area contributed by atoms with E-state index in [1.165, 1.54) is 6.92 Å². The van der Waals surface area contributed by atoms with Crippen molar-refractivity contribution in [1.82, 2.24) is 4.90 Å². The minimum Gasteiger partial charge on any atom is -0.497 e. The number of hydrogen-bond acceptors (Lipinski definition) is 4. The Morgan fingerprint density at radius 3 is 2.30 bits per heavy atom. The van der Waals surface area contributed by atoms with Gasteiger partial charge in [0, 0.05) is 23.7 Å². The minimum atomic E-state index is -0.0244. The molecular weight excluding hydrogens is 342 g/mol. The Bertz CT molecular complexity index is 825. The molecular formula is C22H25NO4. The maximum atomic E-state index is 13.0. The highest BCUT2D eigenvalue weighted by Crippen LogP contribution is 2.30. The zero-order chi connectivity index (χ0) is 19.4. The first-order chi connectivity index (χ1) is 13.0. The molecule has 0 saturated heterocycles. The summed E-state index contributed by atoms with van der Waals surface area (Å²) in [7, 11) is 3.21. The highest BCUT2D eigenvalue weighted by molar-refractivity contribution is 5.94. The van der Waals surface area contributed by atoms with E-state index >= 15 is 0 Å². The molecule has 0 bridgehead atoms. The molecule has 1 aliphatic rings. The van der Waals surface area contributed by atoms with Gasteiger partial charge in [-0.2, -0.15) is 0 Å². The third-order valence-corrected chi connectivity index (χ3v) is 4.85. The highest BCUT2D eigenvalue weighted by atomic mass is 16.5. The maximum absolute atomic E-state index is 13.0. The number of hydrogen-bond donors (Lipinski definition) is 0. The van der Waals surface area contributed by atoms with E-state index in [0.717, 1.165) is 29.7 Å². The largest absolute Gasteiger partial charge is 0.497 e. The molecule has 142 valence electrons. The van der Waals surface area contributed by atoms with Crippen molar-refractivity contribution in [3.63, 3.8) is 0 Å². The quantitative estimate of drug-likeness (QED) is 0.669. The summed E-state index contributed by atoms with van der Waals surface area (Å²) in [6.07, 6.45) is 2.29. The fourth-order valence-electron chi connectivity index (χ4n) is 3.13. The Labute approximate surface area is 159 Å². The molecule has 0 radical (unpaired) electrons. The third kappa shape index (κ3) is 4.67. The van der Waals surface area contributed by atoms with Crippen LogP contribution in [0.25, 0.3) is 0 Å². The number of methoxy groups -OCH3 is 2. The number of amides is 1. The monoisotopic (exact) mass is 367 g/mol. The molecule has 2 aromatic rings. The lowest BCUT2D eigenvalue weighted by molar-refractivity contribution is -0.131. The van der Waals surface area contributed by atoms with Gasteiger partial charge in [0.1, 0.15) is 11.5 Å². The lowest BCUT2D eigenvalue weighted by Crippen LogP contribution is -2.33. The second-order valence-electron chi connectivity index (χ2n) is 6.86. The van der Waals surface area contributed by atoms with Crippen LogP contribution in [0, 0.1) is 0 Å².